The number of benzene rings is 2. The van der Waals surface area contributed by atoms with Crippen molar-refractivity contribution in [2.45, 2.75) is 18.4 Å². The highest BCUT2D eigenvalue weighted by Crippen LogP contribution is 2.24. The second kappa shape index (κ2) is 10.5. The summed E-state index contributed by atoms with van der Waals surface area (Å²) in [6.07, 6.45) is 5.68. The Morgan fingerprint density at radius 1 is 1.03 bits per heavy atom. The average Bonchev–Trinajstić information content (AvgIpc) is 2.79. The maximum atomic E-state index is 12.3. The van der Waals surface area contributed by atoms with Crippen LogP contribution in [0.25, 0.3) is 22.1 Å². The van der Waals surface area contributed by atoms with Crippen molar-refractivity contribution < 1.29 is 22.0 Å². The van der Waals surface area contributed by atoms with Crippen molar-refractivity contribution in [3.63, 3.8) is 0 Å². The van der Waals surface area contributed by atoms with Gasteiger partial charge in [-0.25, -0.2) is 17.8 Å². The Morgan fingerprint density at radius 2 is 1.68 bits per heavy atom. The Bertz CT molecular complexity index is 1460. The quantitative estimate of drug-likeness (QED) is 0.187. The fourth-order valence-corrected chi connectivity index (χ4v) is 3.66. The number of allylic oxidation sites excluding steroid dienone is 1. The molecule has 0 atom stereocenters. The van der Waals surface area contributed by atoms with Crippen LogP contribution in [-0.4, -0.2) is 27.1 Å². The van der Waals surface area contributed by atoms with E-state index < -0.39 is 10.1 Å². The van der Waals surface area contributed by atoms with Crippen molar-refractivity contribution in [2.75, 3.05) is 19.0 Å². The predicted octanol–water partition coefficient (Wildman–Crippen LogP) is 3.90. The number of rotatable bonds is 5. The lowest BCUT2D eigenvalue weighted by atomic mass is 10.1. The minimum atomic E-state index is -4.27. The van der Waals surface area contributed by atoms with Gasteiger partial charge in [-0.3, -0.25) is 0 Å². The summed E-state index contributed by atoms with van der Waals surface area (Å²) in [6, 6.07) is 17.3. The normalized spacial score (nSPS) is 10.9. The van der Waals surface area contributed by atoms with Crippen LogP contribution in [0.15, 0.2) is 99.8 Å². The van der Waals surface area contributed by atoms with Crippen LogP contribution in [0, 0.1) is 6.92 Å². The first kappa shape index (κ1) is 24.9. The minimum Gasteiger partial charge on any atom is -0.744 e. The summed E-state index contributed by atoms with van der Waals surface area (Å²) in [5.41, 5.74) is 3.62. The van der Waals surface area contributed by atoms with E-state index in [0.717, 1.165) is 28.7 Å². The van der Waals surface area contributed by atoms with Gasteiger partial charge in [0.15, 0.2) is 18.9 Å². The van der Waals surface area contributed by atoms with Crippen LogP contribution in [0.5, 0.6) is 0 Å². The zero-order valence-electron chi connectivity index (χ0n) is 19.3. The Morgan fingerprint density at radius 3 is 2.24 bits per heavy atom. The lowest BCUT2D eigenvalue weighted by Gasteiger charge is -2.12. The monoisotopic (exact) mass is 478 g/mol. The number of nitrogens with zero attached hydrogens (tertiary/aromatic N) is 2. The number of hydrogen-bond acceptors (Lipinski definition) is 6. The van der Waals surface area contributed by atoms with Gasteiger partial charge in [0.1, 0.15) is 15.7 Å². The summed E-state index contributed by atoms with van der Waals surface area (Å²) < 4.78 is 38.7. The molecule has 0 spiro atoms. The van der Waals surface area contributed by atoms with Crippen molar-refractivity contribution >= 4 is 26.8 Å². The third-order valence-electron chi connectivity index (χ3n) is 5.09. The first-order valence-corrected chi connectivity index (χ1v) is 11.9. The highest BCUT2D eigenvalue weighted by molar-refractivity contribution is 7.85. The van der Waals surface area contributed by atoms with Gasteiger partial charge >= 0.3 is 5.63 Å². The second-order valence-electron chi connectivity index (χ2n) is 7.90. The van der Waals surface area contributed by atoms with Crippen molar-refractivity contribution in [1.82, 2.24) is 0 Å². The molecule has 0 saturated carbocycles. The number of hydrogen-bond donors (Lipinski definition) is 0. The molecule has 7 nitrogen and oxygen atoms in total. The Labute approximate surface area is 199 Å². The zero-order chi connectivity index (χ0) is 24.9. The summed E-state index contributed by atoms with van der Waals surface area (Å²) in [7, 11) is -0.361. The molecule has 0 aliphatic heterocycles. The SMILES string of the molecule is C=CC[n+]1ccc(-c2cc3ccc(N(C)C)cc3oc2=O)cc1.Cc1ccc(S(=O)(=O)[O-])cc1. The second-order valence-corrected chi connectivity index (χ2v) is 9.28. The maximum absolute atomic E-state index is 12.3. The topological polar surface area (TPSA) is 94.5 Å². The van der Waals surface area contributed by atoms with E-state index in [1.807, 2.05) is 85.4 Å². The maximum Gasteiger partial charge on any atom is 0.344 e. The lowest BCUT2D eigenvalue weighted by Crippen LogP contribution is -2.31. The van der Waals surface area contributed by atoms with Crippen LogP contribution >= 0.6 is 0 Å². The number of anilines is 1. The summed E-state index contributed by atoms with van der Waals surface area (Å²) in [5, 5.41) is 0.910. The van der Waals surface area contributed by atoms with E-state index in [9.17, 15) is 17.8 Å². The zero-order valence-corrected chi connectivity index (χ0v) is 20.1. The molecule has 4 aromatic rings. The van der Waals surface area contributed by atoms with Gasteiger partial charge in [0, 0.05) is 48.9 Å². The van der Waals surface area contributed by atoms with E-state index >= 15 is 0 Å². The number of aromatic nitrogens is 1. The molecular weight excluding hydrogens is 452 g/mol. The van der Waals surface area contributed by atoms with Gasteiger partial charge in [-0.2, -0.15) is 0 Å². The molecule has 0 saturated heterocycles. The Kier molecular flexibility index (Phi) is 7.65. The van der Waals surface area contributed by atoms with Crippen LogP contribution in [0.4, 0.5) is 5.69 Å². The fourth-order valence-electron chi connectivity index (χ4n) is 3.19. The van der Waals surface area contributed by atoms with Gasteiger partial charge < -0.3 is 13.9 Å². The number of fused-ring (bicyclic) bond motifs is 1. The molecular formula is C26H26N2O5S. The Hall–Kier alpha value is -3.75. The van der Waals surface area contributed by atoms with E-state index in [1.165, 1.54) is 12.1 Å². The molecule has 0 fully saturated rings. The lowest BCUT2D eigenvalue weighted by molar-refractivity contribution is -0.686. The molecule has 0 N–H and O–H groups in total. The van der Waals surface area contributed by atoms with Gasteiger partial charge in [0.05, 0.1) is 10.5 Å². The van der Waals surface area contributed by atoms with Gasteiger partial charge in [-0.15, -0.1) is 0 Å². The number of aryl methyl sites for hydroxylation is 1. The standard InChI is InChI=1S/C19H19N2O2.C7H8O3S/c1-4-9-21-10-7-14(8-11-21)17-12-15-5-6-16(20(2)3)13-18(15)23-19(17)22;1-6-2-4-7(5-3-6)11(8,9)10/h4-8,10-13H,1,9H2,2-3H3;2-5H,1H3,(H,8,9,10)/q+1;/p-1. The van der Waals surface area contributed by atoms with Gasteiger partial charge in [0.25, 0.3) is 0 Å². The van der Waals surface area contributed by atoms with Gasteiger partial charge in [0.2, 0.25) is 0 Å². The van der Waals surface area contributed by atoms with E-state index in [1.54, 1.807) is 12.1 Å². The Balaban J connectivity index is 0.000000248. The molecule has 0 amide bonds. The van der Waals surface area contributed by atoms with Gasteiger partial charge in [-0.05, 0) is 43.3 Å². The van der Waals surface area contributed by atoms with Crippen molar-refractivity contribution in [3.05, 3.63) is 102 Å². The first-order valence-electron chi connectivity index (χ1n) is 10.5. The van der Waals surface area contributed by atoms with E-state index in [2.05, 4.69) is 6.58 Å². The van der Waals surface area contributed by atoms with E-state index in [4.69, 9.17) is 4.42 Å². The van der Waals surface area contributed by atoms with Crippen LogP contribution in [0.1, 0.15) is 5.56 Å². The molecule has 2 aromatic carbocycles. The van der Waals surface area contributed by atoms with Crippen LogP contribution in [0.3, 0.4) is 0 Å². The molecule has 2 heterocycles. The highest BCUT2D eigenvalue weighted by Gasteiger charge is 2.10. The molecule has 34 heavy (non-hydrogen) atoms. The van der Waals surface area contributed by atoms with Crippen molar-refractivity contribution in [2.24, 2.45) is 0 Å². The molecule has 0 aliphatic rings. The molecule has 0 radical (unpaired) electrons. The van der Waals surface area contributed by atoms with Crippen LogP contribution < -0.4 is 15.1 Å². The first-order chi connectivity index (χ1) is 16.1. The predicted molar refractivity (Wildman–Crippen MR) is 132 cm³/mol. The third kappa shape index (κ3) is 6.18. The van der Waals surface area contributed by atoms with Crippen LogP contribution in [-0.2, 0) is 16.7 Å². The summed E-state index contributed by atoms with van der Waals surface area (Å²) in [4.78, 5) is 14.1. The summed E-state index contributed by atoms with van der Waals surface area (Å²) in [5.74, 6) is 0. The molecule has 8 heteroatoms. The van der Waals surface area contributed by atoms with Crippen LogP contribution in [0.2, 0.25) is 0 Å². The number of pyridine rings is 1. The molecule has 0 bridgehead atoms. The molecule has 176 valence electrons. The smallest absolute Gasteiger partial charge is 0.344 e. The summed E-state index contributed by atoms with van der Waals surface area (Å²) >= 11 is 0. The third-order valence-corrected chi connectivity index (χ3v) is 5.94. The summed E-state index contributed by atoms with van der Waals surface area (Å²) in [6.45, 7) is 6.27. The largest absolute Gasteiger partial charge is 0.744 e. The van der Waals surface area contributed by atoms with E-state index in [0.29, 0.717) is 11.1 Å². The minimum absolute atomic E-state index is 0.178. The van der Waals surface area contributed by atoms with E-state index in [-0.39, 0.29) is 10.5 Å². The fraction of sp³-hybridized carbons (Fsp3) is 0.154. The van der Waals surface area contributed by atoms with Crippen molar-refractivity contribution in [3.8, 4) is 11.1 Å². The van der Waals surface area contributed by atoms with Crippen molar-refractivity contribution in [1.29, 1.82) is 0 Å². The molecule has 2 aromatic heterocycles. The van der Waals surface area contributed by atoms with Gasteiger partial charge in [-0.1, -0.05) is 24.3 Å². The average molecular weight is 479 g/mol. The molecule has 0 unspecified atom stereocenters. The highest BCUT2D eigenvalue weighted by atomic mass is 32.2. The molecule has 4 rings (SSSR count). The molecule has 0 aliphatic carbocycles.